The van der Waals surface area contributed by atoms with Crippen LogP contribution in [-0.4, -0.2) is 42.3 Å². The number of rotatable bonds is 4. The van der Waals surface area contributed by atoms with Crippen molar-refractivity contribution in [1.82, 2.24) is 4.90 Å². The summed E-state index contributed by atoms with van der Waals surface area (Å²) in [6, 6.07) is 16.5. The Bertz CT molecular complexity index is 873. The topological polar surface area (TPSA) is 69.7 Å². The van der Waals surface area contributed by atoms with Crippen molar-refractivity contribution < 1.29 is 14.4 Å². The van der Waals surface area contributed by atoms with Gasteiger partial charge in [-0.25, -0.2) is 0 Å². The van der Waals surface area contributed by atoms with Gasteiger partial charge < -0.3 is 5.32 Å². The fraction of sp³-hybridized carbons (Fsp3) is 0.286. The van der Waals surface area contributed by atoms with Gasteiger partial charge in [0.25, 0.3) is 5.78 Å². The molecule has 0 aromatic heterocycles. The summed E-state index contributed by atoms with van der Waals surface area (Å²) in [6.45, 7) is 1.81. The fourth-order valence-electron chi connectivity index (χ4n) is 3.69. The van der Waals surface area contributed by atoms with Crippen molar-refractivity contribution in [2.75, 3.05) is 30.0 Å². The van der Waals surface area contributed by atoms with Crippen LogP contribution in [0.2, 0.25) is 0 Å². The van der Waals surface area contributed by atoms with Gasteiger partial charge in [-0.05, 0) is 37.1 Å². The van der Waals surface area contributed by atoms with Gasteiger partial charge in [-0.3, -0.25) is 24.2 Å². The number of carbonyl (C=O) groups is 3. The van der Waals surface area contributed by atoms with Crippen LogP contribution in [0.15, 0.2) is 54.6 Å². The van der Waals surface area contributed by atoms with E-state index in [2.05, 4.69) is 10.2 Å². The van der Waals surface area contributed by atoms with Crippen molar-refractivity contribution in [2.24, 2.45) is 5.92 Å². The third-order valence-corrected chi connectivity index (χ3v) is 5.22. The Morgan fingerprint density at radius 1 is 0.963 bits per heavy atom. The Morgan fingerprint density at radius 3 is 2.37 bits per heavy atom. The first kappa shape index (κ1) is 17.4. The highest BCUT2D eigenvalue weighted by molar-refractivity contribution is 6.52. The van der Waals surface area contributed by atoms with Crippen LogP contribution in [-0.2, 0) is 9.59 Å². The SMILES string of the molecule is O=C1C(=O)N(CN2CCC(C(=O)Nc3ccccc3)CC2)c2ccccc21. The van der Waals surface area contributed by atoms with Crippen LogP contribution in [0.4, 0.5) is 11.4 Å². The maximum atomic E-state index is 12.4. The van der Waals surface area contributed by atoms with Crippen LogP contribution in [0.25, 0.3) is 0 Å². The Balaban J connectivity index is 1.34. The minimum absolute atomic E-state index is 0.0374. The first-order valence-corrected chi connectivity index (χ1v) is 9.17. The predicted octanol–water partition coefficient (Wildman–Crippen LogP) is 2.52. The number of ketones is 1. The summed E-state index contributed by atoms with van der Waals surface area (Å²) in [7, 11) is 0. The molecule has 0 unspecified atom stereocenters. The molecule has 0 aliphatic carbocycles. The van der Waals surface area contributed by atoms with E-state index < -0.39 is 11.7 Å². The van der Waals surface area contributed by atoms with Gasteiger partial charge in [0.2, 0.25) is 5.91 Å². The maximum Gasteiger partial charge on any atom is 0.300 e. The molecule has 0 spiro atoms. The maximum absolute atomic E-state index is 12.4. The van der Waals surface area contributed by atoms with Gasteiger partial charge in [-0.15, -0.1) is 0 Å². The predicted molar refractivity (Wildman–Crippen MR) is 102 cm³/mol. The summed E-state index contributed by atoms with van der Waals surface area (Å²) in [5.74, 6) is -0.911. The first-order chi connectivity index (χ1) is 13.1. The van der Waals surface area contributed by atoms with E-state index in [9.17, 15) is 14.4 Å². The lowest BCUT2D eigenvalue weighted by Crippen LogP contribution is -2.45. The molecular formula is C21H21N3O3. The van der Waals surface area contributed by atoms with Crippen molar-refractivity contribution in [1.29, 1.82) is 0 Å². The van der Waals surface area contributed by atoms with Crippen molar-refractivity contribution >= 4 is 29.0 Å². The third kappa shape index (κ3) is 3.48. The van der Waals surface area contributed by atoms with Gasteiger partial charge in [0.15, 0.2) is 0 Å². The minimum Gasteiger partial charge on any atom is -0.326 e. The van der Waals surface area contributed by atoms with Gasteiger partial charge in [0.1, 0.15) is 0 Å². The molecule has 0 atom stereocenters. The average Bonchev–Trinajstić information content (AvgIpc) is 2.94. The van der Waals surface area contributed by atoms with Crippen LogP contribution in [0.3, 0.4) is 0 Å². The lowest BCUT2D eigenvalue weighted by Gasteiger charge is -2.33. The molecule has 1 fully saturated rings. The average molecular weight is 363 g/mol. The van der Waals surface area contributed by atoms with E-state index in [1.54, 1.807) is 23.1 Å². The summed E-state index contributed by atoms with van der Waals surface area (Å²) >= 11 is 0. The lowest BCUT2D eigenvalue weighted by molar-refractivity contribution is -0.121. The number of piperidine rings is 1. The molecule has 4 rings (SSSR count). The number of amides is 2. The third-order valence-electron chi connectivity index (χ3n) is 5.22. The normalized spacial score (nSPS) is 17.9. The van der Waals surface area contributed by atoms with E-state index in [4.69, 9.17) is 0 Å². The van der Waals surface area contributed by atoms with Crippen LogP contribution in [0.5, 0.6) is 0 Å². The number of carbonyl (C=O) groups excluding carboxylic acids is 3. The zero-order valence-electron chi connectivity index (χ0n) is 14.9. The second-order valence-corrected chi connectivity index (χ2v) is 6.97. The second kappa shape index (κ2) is 7.32. The highest BCUT2D eigenvalue weighted by Gasteiger charge is 2.37. The number of nitrogens with one attached hydrogen (secondary N) is 1. The largest absolute Gasteiger partial charge is 0.326 e. The van der Waals surface area contributed by atoms with Gasteiger partial charge in [0, 0.05) is 24.7 Å². The number of hydrogen-bond donors (Lipinski definition) is 1. The molecule has 2 heterocycles. The summed E-state index contributed by atoms with van der Waals surface area (Å²) < 4.78 is 0. The van der Waals surface area contributed by atoms with Gasteiger partial charge in [-0.2, -0.15) is 0 Å². The molecule has 2 amide bonds. The number of benzene rings is 2. The highest BCUT2D eigenvalue weighted by atomic mass is 16.2. The Morgan fingerprint density at radius 2 is 1.63 bits per heavy atom. The highest BCUT2D eigenvalue weighted by Crippen LogP contribution is 2.29. The summed E-state index contributed by atoms with van der Waals surface area (Å²) in [6.07, 6.45) is 1.46. The Labute approximate surface area is 157 Å². The fourth-order valence-corrected chi connectivity index (χ4v) is 3.69. The van der Waals surface area contributed by atoms with Gasteiger partial charge in [-0.1, -0.05) is 30.3 Å². The molecule has 0 radical (unpaired) electrons. The quantitative estimate of drug-likeness (QED) is 0.848. The molecule has 6 nitrogen and oxygen atoms in total. The molecule has 27 heavy (non-hydrogen) atoms. The molecule has 1 saturated heterocycles. The van der Waals surface area contributed by atoms with E-state index in [1.165, 1.54) is 0 Å². The zero-order chi connectivity index (χ0) is 18.8. The van der Waals surface area contributed by atoms with Crippen LogP contribution < -0.4 is 10.2 Å². The molecule has 1 N–H and O–H groups in total. The summed E-state index contributed by atoms with van der Waals surface area (Å²) in [5, 5.41) is 2.96. The Hall–Kier alpha value is -2.99. The monoisotopic (exact) mass is 363 g/mol. The zero-order valence-corrected chi connectivity index (χ0v) is 14.9. The van der Waals surface area contributed by atoms with Crippen molar-refractivity contribution in [3.8, 4) is 0 Å². The Kier molecular flexibility index (Phi) is 4.73. The minimum atomic E-state index is -0.472. The molecule has 0 saturated carbocycles. The second-order valence-electron chi connectivity index (χ2n) is 6.97. The lowest BCUT2D eigenvalue weighted by atomic mass is 9.96. The first-order valence-electron chi connectivity index (χ1n) is 9.17. The number of fused-ring (bicyclic) bond motifs is 1. The molecule has 2 aromatic rings. The van der Waals surface area contributed by atoms with E-state index in [1.807, 2.05) is 36.4 Å². The number of likely N-dealkylation sites (tertiary alicyclic amines) is 1. The van der Waals surface area contributed by atoms with Crippen LogP contribution in [0.1, 0.15) is 23.2 Å². The summed E-state index contributed by atoms with van der Waals surface area (Å²) in [5.41, 5.74) is 1.96. The van der Waals surface area contributed by atoms with E-state index in [-0.39, 0.29) is 11.8 Å². The summed E-state index contributed by atoms with van der Waals surface area (Å²) in [4.78, 5) is 40.5. The van der Waals surface area contributed by atoms with E-state index >= 15 is 0 Å². The van der Waals surface area contributed by atoms with Crippen LogP contribution >= 0.6 is 0 Å². The van der Waals surface area contributed by atoms with Crippen molar-refractivity contribution in [2.45, 2.75) is 12.8 Å². The molecule has 6 heteroatoms. The number of nitrogens with zero attached hydrogens (tertiary/aromatic N) is 2. The molecule has 2 aromatic carbocycles. The van der Waals surface area contributed by atoms with E-state index in [0.717, 1.165) is 18.5 Å². The molecular weight excluding hydrogens is 342 g/mol. The van der Waals surface area contributed by atoms with Crippen LogP contribution in [0, 0.1) is 5.92 Å². The standard InChI is InChI=1S/C21H21N3O3/c25-19-17-8-4-5-9-18(17)24(21(19)27)14-23-12-10-15(11-13-23)20(26)22-16-6-2-1-3-7-16/h1-9,15H,10-14H2,(H,22,26). The smallest absolute Gasteiger partial charge is 0.300 e. The number of Topliss-reactive ketones (excluding diaryl/α,β-unsaturated/α-hetero) is 1. The van der Waals surface area contributed by atoms with E-state index in [0.29, 0.717) is 31.0 Å². The van der Waals surface area contributed by atoms with Crippen molar-refractivity contribution in [3.63, 3.8) is 0 Å². The van der Waals surface area contributed by atoms with Gasteiger partial charge >= 0.3 is 5.91 Å². The number of para-hydroxylation sites is 2. The molecule has 2 aliphatic rings. The van der Waals surface area contributed by atoms with Gasteiger partial charge in [0.05, 0.1) is 17.9 Å². The molecule has 2 aliphatic heterocycles. The van der Waals surface area contributed by atoms with Crippen molar-refractivity contribution in [3.05, 3.63) is 60.2 Å². The number of anilines is 2. The number of hydrogen-bond acceptors (Lipinski definition) is 4. The molecule has 0 bridgehead atoms. The molecule has 138 valence electrons.